The molecule has 0 saturated heterocycles. The van der Waals surface area contributed by atoms with Gasteiger partial charge in [-0.25, -0.2) is 0 Å². The summed E-state index contributed by atoms with van der Waals surface area (Å²) in [6, 6.07) is 4.17. The Morgan fingerprint density at radius 3 is 2.69 bits per heavy atom. The Balaban J connectivity index is 2.61. The van der Waals surface area contributed by atoms with Crippen LogP contribution in [0.5, 0.6) is 0 Å². The van der Waals surface area contributed by atoms with Gasteiger partial charge in [-0.05, 0) is 40.4 Å². The van der Waals surface area contributed by atoms with Crippen LogP contribution in [0.25, 0.3) is 0 Å². The molecule has 0 bridgehead atoms. The number of rotatable bonds is 4. The van der Waals surface area contributed by atoms with E-state index in [9.17, 15) is 0 Å². The second-order valence-corrected chi connectivity index (χ2v) is 6.27. The van der Waals surface area contributed by atoms with Gasteiger partial charge in [0, 0.05) is 4.88 Å². The van der Waals surface area contributed by atoms with Crippen molar-refractivity contribution >= 4 is 38.9 Å². The molecule has 3 heteroatoms. The molecule has 0 aliphatic carbocycles. The quantitative estimate of drug-likeness (QED) is 0.663. The summed E-state index contributed by atoms with van der Waals surface area (Å²) in [5, 5.41) is 0.177. The highest BCUT2D eigenvalue weighted by Crippen LogP contribution is 2.37. The van der Waals surface area contributed by atoms with Crippen molar-refractivity contribution in [1.29, 1.82) is 0 Å². The Hall–Kier alpha value is 0.470. The van der Waals surface area contributed by atoms with E-state index < -0.39 is 0 Å². The van der Waals surface area contributed by atoms with Gasteiger partial charge in [0.25, 0.3) is 0 Å². The molecule has 2 atom stereocenters. The van der Waals surface area contributed by atoms with Gasteiger partial charge in [-0.1, -0.05) is 20.3 Å². The lowest BCUT2D eigenvalue weighted by molar-refractivity contribution is 0.511. The molecule has 2 unspecified atom stereocenters. The highest BCUT2D eigenvalue weighted by molar-refractivity contribution is 9.11. The lowest BCUT2D eigenvalue weighted by Crippen LogP contribution is -2.01. The summed E-state index contributed by atoms with van der Waals surface area (Å²) in [6.07, 6.45) is 2.40. The third-order valence-electron chi connectivity index (χ3n) is 2.11. The number of hydrogen-bond acceptors (Lipinski definition) is 1. The van der Waals surface area contributed by atoms with Crippen LogP contribution in [-0.2, 0) is 0 Å². The third kappa shape index (κ3) is 3.26. The molecule has 74 valence electrons. The number of alkyl halides is 1. The van der Waals surface area contributed by atoms with E-state index >= 15 is 0 Å². The van der Waals surface area contributed by atoms with Crippen LogP contribution in [-0.4, -0.2) is 0 Å². The Morgan fingerprint density at radius 1 is 1.54 bits per heavy atom. The van der Waals surface area contributed by atoms with E-state index in [-0.39, 0.29) is 5.38 Å². The highest BCUT2D eigenvalue weighted by Gasteiger charge is 2.17. The summed E-state index contributed by atoms with van der Waals surface area (Å²) >= 11 is 11.5. The van der Waals surface area contributed by atoms with Crippen molar-refractivity contribution in [3.8, 4) is 0 Å². The van der Waals surface area contributed by atoms with Crippen LogP contribution >= 0.6 is 38.9 Å². The largest absolute Gasteiger partial charge is 0.132 e. The van der Waals surface area contributed by atoms with E-state index in [0.717, 1.165) is 3.79 Å². The van der Waals surface area contributed by atoms with E-state index in [4.69, 9.17) is 11.6 Å². The molecular weight excluding hydrogens is 268 g/mol. The van der Waals surface area contributed by atoms with Gasteiger partial charge < -0.3 is 0 Å². The van der Waals surface area contributed by atoms with Gasteiger partial charge in [0.05, 0.1) is 9.16 Å². The van der Waals surface area contributed by atoms with Gasteiger partial charge >= 0.3 is 0 Å². The zero-order valence-corrected chi connectivity index (χ0v) is 11.0. The molecule has 1 aromatic heterocycles. The summed E-state index contributed by atoms with van der Waals surface area (Å²) in [7, 11) is 0. The van der Waals surface area contributed by atoms with Crippen LogP contribution in [0, 0.1) is 5.92 Å². The second-order valence-electron chi connectivity index (χ2n) is 3.31. The monoisotopic (exact) mass is 280 g/mol. The summed E-state index contributed by atoms with van der Waals surface area (Å²) in [4.78, 5) is 1.27. The van der Waals surface area contributed by atoms with E-state index in [2.05, 4.69) is 41.9 Å². The Kier molecular flexibility index (Phi) is 4.77. The molecule has 0 spiro atoms. The maximum Gasteiger partial charge on any atom is 0.0704 e. The smallest absolute Gasteiger partial charge is 0.0704 e. The van der Waals surface area contributed by atoms with E-state index in [0.29, 0.717) is 5.92 Å². The highest BCUT2D eigenvalue weighted by atomic mass is 79.9. The molecule has 1 rings (SSSR count). The number of halogens is 2. The van der Waals surface area contributed by atoms with Crippen molar-refractivity contribution in [2.45, 2.75) is 32.1 Å². The maximum absolute atomic E-state index is 6.34. The average Bonchev–Trinajstić information content (AvgIpc) is 2.51. The number of hydrogen-bond donors (Lipinski definition) is 0. The molecular formula is C10H14BrClS. The van der Waals surface area contributed by atoms with Crippen LogP contribution in [0.1, 0.15) is 36.9 Å². The average molecular weight is 282 g/mol. The third-order valence-corrected chi connectivity index (χ3v) is 4.61. The van der Waals surface area contributed by atoms with Gasteiger partial charge in [-0.15, -0.1) is 22.9 Å². The molecule has 0 nitrogen and oxygen atoms in total. The molecule has 0 aliphatic rings. The van der Waals surface area contributed by atoms with Gasteiger partial charge in [0.15, 0.2) is 0 Å². The molecule has 0 aromatic carbocycles. The first-order valence-corrected chi connectivity index (χ1v) is 6.59. The molecule has 0 fully saturated rings. The maximum atomic E-state index is 6.34. The van der Waals surface area contributed by atoms with Crippen LogP contribution < -0.4 is 0 Å². The first-order chi connectivity index (χ1) is 6.15. The lowest BCUT2D eigenvalue weighted by atomic mass is 10.0. The molecule has 1 heterocycles. The molecule has 1 aromatic rings. The normalized spacial score (nSPS) is 15.7. The van der Waals surface area contributed by atoms with Gasteiger partial charge in [-0.3, -0.25) is 0 Å². The van der Waals surface area contributed by atoms with Crippen molar-refractivity contribution in [2.24, 2.45) is 5.92 Å². The summed E-state index contributed by atoms with van der Waals surface area (Å²) in [6.45, 7) is 4.42. The molecule has 0 amide bonds. The first kappa shape index (κ1) is 11.5. The van der Waals surface area contributed by atoms with Crippen molar-refractivity contribution in [3.05, 3.63) is 20.8 Å². The van der Waals surface area contributed by atoms with Crippen molar-refractivity contribution in [2.75, 3.05) is 0 Å². The molecule has 0 aliphatic heterocycles. The summed E-state index contributed by atoms with van der Waals surface area (Å²) < 4.78 is 1.16. The fourth-order valence-corrected chi connectivity index (χ4v) is 3.23. The van der Waals surface area contributed by atoms with Crippen LogP contribution in [0.3, 0.4) is 0 Å². The SMILES string of the molecule is CCCC(C)C(Cl)c1ccc(Br)s1. The minimum Gasteiger partial charge on any atom is -0.132 e. The topological polar surface area (TPSA) is 0 Å². The van der Waals surface area contributed by atoms with E-state index in [1.807, 2.05) is 0 Å². The van der Waals surface area contributed by atoms with Gasteiger partial charge in [0.1, 0.15) is 0 Å². The summed E-state index contributed by atoms with van der Waals surface area (Å²) in [5.74, 6) is 0.567. The molecule has 0 saturated carbocycles. The van der Waals surface area contributed by atoms with Crippen molar-refractivity contribution in [3.63, 3.8) is 0 Å². The summed E-state index contributed by atoms with van der Waals surface area (Å²) in [5.41, 5.74) is 0. The Labute approximate surface area is 97.4 Å². The van der Waals surface area contributed by atoms with Gasteiger partial charge in [-0.2, -0.15) is 0 Å². The van der Waals surface area contributed by atoms with Crippen molar-refractivity contribution < 1.29 is 0 Å². The Morgan fingerprint density at radius 2 is 2.23 bits per heavy atom. The van der Waals surface area contributed by atoms with Crippen LogP contribution in [0.4, 0.5) is 0 Å². The lowest BCUT2D eigenvalue weighted by Gasteiger charge is -2.15. The fraction of sp³-hybridized carbons (Fsp3) is 0.600. The zero-order valence-electron chi connectivity index (χ0n) is 7.89. The van der Waals surface area contributed by atoms with Crippen LogP contribution in [0.15, 0.2) is 15.9 Å². The molecule has 0 N–H and O–H groups in total. The van der Waals surface area contributed by atoms with Crippen molar-refractivity contribution in [1.82, 2.24) is 0 Å². The standard InChI is InChI=1S/C10H14BrClS/c1-3-4-7(2)10(12)8-5-6-9(11)13-8/h5-7,10H,3-4H2,1-2H3. The molecule has 13 heavy (non-hydrogen) atoms. The number of thiophene rings is 1. The van der Waals surface area contributed by atoms with Crippen LogP contribution in [0.2, 0.25) is 0 Å². The van der Waals surface area contributed by atoms with Gasteiger partial charge in [0.2, 0.25) is 0 Å². The predicted molar refractivity (Wildman–Crippen MR) is 64.7 cm³/mol. The predicted octanol–water partition coefficient (Wildman–Crippen LogP) is 5.23. The minimum atomic E-state index is 0.177. The first-order valence-electron chi connectivity index (χ1n) is 4.54. The zero-order chi connectivity index (χ0) is 9.84. The van der Waals surface area contributed by atoms with E-state index in [1.54, 1.807) is 11.3 Å². The minimum absolute atomic E-state index is 0.177. The van der Waals surface area contributed by atoms with E-state index in [1.165, 1.54) is 17.7 Å². The fourth-order valence-electron chi connectivity index (χ4n) is 1.36. The second kappa shape index (κ2) is 5.38. The Bertz CT molecular complexity index is 259. The molecule has 0 radical (unpaired) electrons.